The molecule has 0 amide bonds. The maximum atomic E-state index is 9.65. The van der Waals surface area contributed by atoms with E-state index in [0.29, 0.717) is 11.5 Å². The van der Waals surface area contributed by atoms with Gasteiger partial charge >= 0.3 is 0 Å². The Morgan fingerprint density at radius 2 is 0.976 bits per heavy atom. The van der Waals surface area contributed by atoms with Crippen molar-refractivity contribution in [1.82, 2.24) is 4.98 Å². The maximum Gasteiger partial charge on any atom is 0.142 e. The predicted molar refractivity (Wildman–Crippen MR) is 170 cm³/mol. The molecule has 41 heavy (non-hydrogen) atoms. The fraction of sp³-hybridized carbons (Fsp3) is 0. The molecule has 1 heterocycles. The van der Waals surface area contributed by atoms with Crippen LogP contribution in [-0.4, -0.2) is 4.98 Å². The maximum absolute atomic E-state index is 9.65. The number of nitriles is 1. The molecule has 0 unspecified atom stereocenters. The third kappa shape index (κ3) is 4.38. The second-order valence-electron chi connectivity index (χ2n) is 9.92. The summed E-state index contributed by atoms with van der Waals surface area (Å²) in [5, 5.41) is 14.2. The molecule has 6 aromatic carbocycles. The van der Waals surface area contributed by atoms with Gasteiger partial charge in [-0.05, 0) is 57.3 Å². The number of anilines is 3. The van der Waals surface area contributed by atoms with Gasteiger partial charge < -0.3 is 0 Å². The molecule has 0 saturated heterocycles. The van der Waals surface area contributed by atoms with Gasteiger partial charge in [0.25, 0.3) is 0 Å². The third-order valence-corrected chi connectivity index (χ3v) is 7.50. The molecular formula is C38H25N3. The summed E-state index contributed by atoms with van der Waals surface area (Å²) in [6.07, 6.45) is 0. The zero-order valence-corrected chi connectivity index (χ0v) is 22.3. The number of pyridine rings is 1. The van der Waals surface area contributed by atoms with Crippen molar-refractivity contribution in [2.24, 2.45) is 0 Å². The fourth-order valence-electron chi connectivity index (χ4n) is 5.68. The first kappa shape index (κ1) is 24.3. The summed E-state index contributed by atoms with van der Waals surface area (Å²) in [4.78, 5) is 6.92. The highest BCUT2D eigenvalue weighted by Crippen LogP contribution is 2.47. The average Bonchev–Trinajstić information content (AvgIpc) is 3.06. The number of hydrogen-bond acceptors (Lipinski definition) is 3. The molecular weight excluding hydrogens is 498 g/mol. The van der Waals surface area contributed by atoms with Gasteiger partial charge in [-0.2, -0.15) is 5.26 Å². The zero-order chi connectivity index (χ0) is 27.6. The monoisotopic (exact) mass is 523 g/mol. The number of benzene rings is 6. The predicted octanol–water partition coefficient (Wildman–Crippen LogP) is 10.1. The molecule has 0 aliphatic rings. The first-order valence-electron chi connectivity index (χ1n) is 13.6. The Labute approximate surface area is 239 Å². The number of fused-ring (bicyclic) bond motifs is 2. The van der Waals surface area contributed by atoms with E-state index < -0.39 is 0 Å². The summed E-state index contributed by atoms with van der Waals surface area (Å²) in [5.41, 5.74) is 7.16. The molecule has 0 aliphatic carbocycles. The Morgan fingerprint density at radius 1 is 0.463 bits per heavy atom. The highest BCUT2D eigenvalue weighted by Gasteiger charge is 2.22. The molecule has 3 heteroatoms. The third-order valence-electron chi connectivity index (χ3n) is 7.50. The standard InChI is InChI=1S/C38H25N3/c39-26-30-14-11-21-36(40-30)41(31-15-5-2-6-16-31)38-34-19-9-7-17-32(34)37(33-18-8-10-20-35(33)38)29-24-22-28(23-25-29)27-12-3-1-4-13-27/h1-25H. The highest BCUT2D eigenvalue weighted by atomic mass is 15.2. The molecule has 0 spiro atoms. The normalized spacial score (nSPS) is 10.9. The number of nitrogens with zero attached hydrogens (tertiary/aromatic N) is 3. The lowest BCUT2D eigenvalue weighted by Crippen LogP contribution is -2.13. The summed E-state index contributed by atoms with van der Waals surface area (Å²) in [5.74, 6) is 0.700. The first-order chi connectivity index (χ1) is 20.3. The number of para-hydroxylation sites is 1. The Balaban J connectivity index is 1.52. The number of rotatable bonds is 5. The van der Waals surface area contributed by atoms with Crippen molar-refractivity contribution in [2.45, 2.75) is 0 Å². The van der Waals surface area contributed by atoms with E-state index in [-0.39, 0.29) is 0 Å². The molecule has 0 atom stereocenters. The van der Waals surface area contributed by atoms with Gasteiger partial charge in [0, 0.05) is 16.5 Å². The van der Waals surface area contributed by atoms with Crippen molar-refractivity contribution >= 4 is 38.7 Å². The van der Waals surface area contributed by atoms with Crippen LogP contribution in [0.25, 0.3) is 43.8 Å². The molecule has 1 aromatic heterocycles. The van der Waals surface area contributed by atoms with Crippen LogP contribution in [0.4, 0.5) is 17.2 Å². The van der Waals surface area contributed by atoms with Gasteiger partial charge in [-0.15, -0.1) is 0 Å². The van der Waals surface area contributed by atoms with Crippen LogP contribution in [0.15, 0.2) is 152 Å². The van der Waals surface area contributed by atoms with E-state index in [9.17, 15) is 5.26 Å². The first-order valence-corrected chi connectivity index (χ1v) is 13.6. The molecule has 192 valence electrons. The molecule has 7 rings (SSSR count). The van der Waals surface area contributed by atoms with Crippen LogP contribution in [0.3, 0.4) is 0 Å². The van der Waals surface area contributed by atoms with Crippen LogP contribution in [0.5, 0.6) is 0 Å². The number of aromatic nitrogens is 1. The molecule has 7 aromatic rings. The van der Waals surface area contributed by atoms with Crippen LogP contribution in [0.1, 0.15) is 5.69 Å². The summed E-state index contributed by atoms with van der Waals surface area (Å²) in [7, 11) is 0. The molecule has 0 N–H and O–H groups in total. The second-order valence-corrected chi connectivity index (χ2v) is 9.92. The van der Waals surface area contributed by atoms with Crippen molar-refractivity contribution in [3.05, 3.63) is 157 Å². The largest absolute Gasteiger partial charge is 0.294 e. The second kappa shape index (κ2) is 10.4. The minimum absolute atomic E-state index is 0.382. The van der Waals surface area contributed by atoms with Gasteiger partial charge in [0.2, 0.25) is 0 Å². The lowest BCUT2D eigenvalue weighted by molar-refractivity contribution is 1.17. The molecule has 0 aliphatic heterocycles. The SMILES string of the molecule is N#Cc1cccc(N(c2ccccc2)c2c3ccccc3c(-c3ccc(-c4ccccc4)cc3)c3ccccc23)n1. The van der Waals surface area contributed by atoms with E-state index in [1.54, 1.807) is 6.07 Å². The summed E-state index contributed by atoms with van der Waals surface area (Å²) < 4.78 is 0. The van der Waals surface area contributed by atoms with E-state index >= 15 is 0 Å². The van der Waals surface area contributed by atoms with Gasteiger partial charge in [0.1, 0.15) is 17.6 Å². The molecule has 3 nitrogen and oxygen atoms in total. The zero-order valence-electron chi connectivity index (χ0n) is 22.3. The summed E-state index contributed by atoms with van der Waals surface area (Å²) in [6.45, 7) is 0. The topological polar surface area (TPSA) is 39.9 Å². The van der Waals surface area contributed by atoms with E-state index in [4.69, 9.17) is 4.98 Å². The average molecular weight is 524 g/mol. The molecule has 0 fully saturated rings. The van der Waals surface area contributed by atoms with Crippen molar-refractivity contribution in [1.29, 1.82) is 5.26 Å². The van der Waals surface area contributed by atoms with Gasteiger partial charge in [-0.25, -0.2) is 4.98 Å². The quantitative estimate of drug-likeness (QED) is 0.211. The molecule has 0 saturated carbocycles. The van der Waals surface area contributed by atoms with E-state index in [0.717, 1.165) is 32.9 Å². The Morgan fingerprint density at radius 3 is 1.59 bits per heavy atom. The Hall–Kier alpha value is -5.72. The lowest BCUT2D eigenvalue weighted by Gasteiger charge is -2.28. The van der Waals surface area contributed by atoms with E-state index in [1.807, 2.05) is 36.4 Å². The summed E-state index contributed by atoms with van der Waals surface area (Å²) in [6, 6.07) is 54.5. The van der Waals surface area contributed by atoms with Crippen molar-refractivity contribution < 1.29 is 0 Å². The van der Waals surface area contributed by atoms with E-state index in [2.05, 4.69) is 120 Å². The minimum Gasteiger partial charge on any atom is -0.294 e. The molecule has 0 bridgehead atoms. The van der Waals surface area contributed by atoms with Crippen molar-refractivity contribution in [3.63, 3.8) is 0 Å². The van der Waals surface area contributed by atoms with Gasteiger partial charge in [0.05, 0.1) is 5.69 Å². The summed E-state index contributed by atoms with van der Waals surface area (Å²) >= 11 is 0. The van der Waals surface area contributed by atoms with Crippen molar-refractivity contribution in [3.8, 4) is 28.3 Å². The molecule has 0 radical (unpaired) electrons. The smallest absolute Gasteiger partial charge is 0.142 e. The van der Waals surface area contributed by atoms with Crippen LogP contribution in [-0.2, 0) is 0 Å². The minimum atomic E-state index is 0.382. The van der Waals surface area contributed by atoms with Gasteiger partial charge in [-0.1, -0.05) is 127 Å². The van der Waals surface area contributed by atoms with Gasteiger partial charge in [0.15, 0.2) is 0 Å². The van der Waals surface area contributed by atoms with E-state index in [1.165, 1.54) is 22.3 Å². The Bertz CT molecular complexity index is 1980. The van der Waals surface area contributed by atoms with Crippen LogP contribution < -0.4 is 4.90 Å². The van der Waals surface area contributed by atoms with Gasteiger partial charge in [-0.3, -0.25) is 4.90 Å². The van der Waals surface area contributed by atoms with Crippen LogP contribution >= 0.6 is 0 Å². The highest BCUT2D eigenvalue weighted by molar-refractivity contribution is 6.22. The van der Waals surface area contributed by atoms with Crippen LogP contribution in [0, 0.1) is 11.3 Å². The van der Waals surface area contributed by atoms with Crippen molar-refractivity contribution in [2.75, 3.05) is 4.90 Å². The van der Waals surface area contributed by atoms with Crippen LogP contribution in [0.2, 0.25) is 0 Å². The Kier molecular flexibility index (Phi) is 6.20. The fourth-order valence-corrected chi connectivity index (χ4v) is 5.68. The number of hydrogen-bond donors (Lipinski definition) is 0. The lowest BCUT2D eigenvalue weighted by atomic mass is 9.89.